The van der Waals surface area contributed by atoms with Crippen LogP contribution in [0.25, 0.3) is 0 Å². The van der Waals surface area contributed by atoms with Crippen molar-refractivity contribution in [3.8, 4) is 6.07 Å². The Morgan fingerprint density at radius 2 is 2.04 bits per heavy atom. The first-order chi connectivity index (χ1) is 11.4. The van der Waals surface area contributed by atoms with Crippen LogP contribution in [0.2, 0.25) is 0 Å². The first kappa shape index (κ1) is 22.5. The highest BCUT2D eigenvalue weighted by Gasteiger charge is 2.33. The summed E-state index contributed by atoms with van der Waals surface area (Å²) in [4.78, 5) is 14.2. The van der Waals surface area contributed by atoms with E-state index in [0.717, 1.165) is 0 Å². The van der Waals surface area contributed by atoms with Crippen molar-refractivity contribution in [3.05, 3.63) is 0 Å². The normalized spacial score (nSPS) is 22.6. The Balaban J connectivity index is 0.00000312. The van der Waals surface area contributed by atoms with Crippen LogP contribution < -0.4 is 5.43 Å². The van der Waals surface area contributed by atoms with Gasteiger partial charge in [-0.05, 0) is 12.8 Å². The van der Waals surface area contributed by atoms with Gasteiger partial charge in [-0.15, -0.1) is 24.2 Å². The van der Waals surface area contributed by atoms with E-state index in [1.54, 1.807) is 16.7 Å². The van der Waals surface area contributed by atoms with Crippen molar-refractivity contribution in [2.75, 3.05) is 44.1 Å². The minimum atomic E-state index is -3.15. The van der Waals surface area contributed by atoms with Gasteiger partial charge in [0.15, 0.2) is 0 Å². The fourth-order valence-electron chi connectivity index (χ4n) is 3.03. The second-order valence-electron chi connectivity index (χ2n) is 6.04. The molecule has 0 saturated carbocycles. The molecule has 11 heteroatoms. The van der Waals surface area contributed by atoms with Crippen LogP contribution in [0.1, 0.15) is 19.8 Å². The number of hydrogen-bond donors (Lipinski definition) is 1. The third-order valence-electron chi connectivity index (χ3n) is 4.35. The second-order valence-corrected chi connectivity index (χ2v) is 9.02. The molecule has 1 amide bonds. The van der Waals surface area contributed by atoms with Gasteiger partial charge in [0, 0.05) is 31.4 Å². The average Bonchev–Trinajstić information content (AvgIpc) is 3.02. The Kier molecular flexibility index (Phi) is 8.94. The maximum Gasteiger partial charge on any atom is 0.240 e. The van der Waals surface area contributed by atoms with E-state index in [-0.39, 0.29) is 36.9 Å². The van der Waals surface area contributed by atoms with Gasteiger partial charge in [-0.1, -0.05) is 6.92 Å². The van der Waals surface area contributed by atoms with Gasteiger partial charge in [-0.25, -0.2) is 17.7 Å². The predicted molar refractivity (Wildman–Crippen MR) is 101 cm³/mol. The fourth-order valence-corrected chi connectivity index (χ4v) is 5.01. The number of hydrazine groups is 1. The summed E-state index contributed by atoms with van der Waals surface area (Å²) in [5.74, 6) is 1.16. The number of nitriles is 1. The zero-order valence-corrected chi connectivity index (χ0v) is 17.0. The Labute approximate surface area is 160 Å². The summed E-state index contributed by atoms with van der Waals surface area (Å²) >= 11 is 1.59. The molecule has 2 saturated heterocycles. The molecule has 1 N–H and O–H groups in total. The molecule has 0 bridgehead atoms. The molecule has 8 nitrogen and oxygen atoms in total. The number of carbonyl (C=O) groups excluding carboxylic acids is 1. The van der Waals surface area contributed by atoms with Crippen molar-refractivity contribution in [2.24, 2.45) is 0 Å². The van der Waals surface area contributed by atoms with Gasteiger partial charge in [0.25, 0.3) is 0 Å². The van der Waals surface area contributed by atoms with Crippen LogP contribution in [0.4, 0.5) is 0 Å². The number of hydrogen-bond acceptors (Lipinski definition) is 7. The highest BCUT2D eigenvalue weighted by Crippen LogP contribution is 2.22. The molecular weight excluding hydrogens is 386 g/mol. The Morgan fingerprint density at radius 3 is 2.56 bits per heavy atom. The van der Waals surface area contributed by atoms with Gasteiger partial charge < -0.3 is 4.90 Å². The molecule has 0 aromatic rings. The van der Waals surface area contributed by atoms with E-state index in [1.165, 1.54) is 10.6 Å². The first-order valence-corrected chi connectivity index (χ1v) is 11.1. The van der Waals surface area contributed by atoms with Crippen LogP contribution in [0.3, 0.4) is 0 Å². The fraction of sp³-hybridized carbons (Fsp3) is 0.857. The molecule has 0 aromatic carbocycles. The minimum Gasteiger partial charge on any atom is -0.315 e. The molecular formula is C14H26ClN5O3S2. The number of rotatable bonds is 6. The van der Waals surface area contributed by atoms with E-state index in [4.69, 9.17) is 5.26 Å². The number of sulfonamides is 1. The van der Waals surface area contributed by atoms with Gasteiger partial charge in [-0.3, -0.25) is 10.2 Å². The topological polar surface area (TPSA) is 96.8 Å². The molecule has 144 valence electrons. The molecule has 1 atom stereocenters. The van der Waals surface area contributed by atoms with Gasteiger partial charge in [-0.2, -0.15) is 5.26 Å². The predicted octanol–water partition coefficient (Wildman–Crippen LogP) is 0.0838. The van der Waals surface area contributed by atoms with Crippen molar-refractivity contribution in [2.45, 2.75) is 31.8 Å². The molecule has 2 aliphatic rings. The third-order valence-corrected chi connectivity index (χ3v) is 6.67. The molecule has 0 aromatic heterocycles. The molecule has 2 fully saturated rings. The van der Waals surface area contributed by atoms with Gasteiger partial charge in [0.1, 0.15) is 6.04 Å². The van der Waals surface area contributed by atoms with Crippen LogP contribution in [0.15, 0.2) is 0 Å². The number of nitrogens with one attached hydrogen (secondary N) is 1. The molecule has 0 unspecified atom stereocenters. The smallest absolute Gasteiger partial charge is 0.240 e. The van der Waals surface area contributed by atoms with Crippen molar-refractivity contribution >= 4 is 40.1 Å². The Morgan fingerprint density at radius 1 is 1.40 bits per heavy atom. The lowest BCUT2D eigenvalue weighted by molar-refractivity contribution is -0.133. The van der Waals surface area contributed by atoms with E-state index in [0.29, 0.717) is 44.1 Å². The van der Waals surface area contributed by atoms with Crippen molar-refractivity contribution < 1.29 is 13.2 Å². The number of thioether (sulfide) groups is 1. The van der Waals surface area contributed by atoms with Crippen LogP contribution in [0.5, 0.6) is 0 Å². The maximum absolute atomic E-state index is 12.5. The molecule has 2 aliphatic heterocycles. The quantitative estimate of drug-likeness (QED) is 0.618. The number of carbonyl (C=O) groups is 1. The summed E-state index contributed by atoms with van der Waals surface area (Å²) in [6.07, 6.45) is 2.60. The maximum atomic E-state index is 12.5. The van der Waals surface area contributed by atoms with E-state index in [9.17, 15) is 13.2 Å². The minimum absolute atomic E-state index is 0. The highest BCUT2D eigenvalue weighted by atomic mass is 35.5. The summed E-state index contributed by atoms with van der Waals surface area (Å²) in [7, 11) is -3.15. The summed E-state index contributed by atoms with van der Waals surface area (Å²) in [5, 5.41) is 11.0. The summed E-state index contributed by atoms with van der Waals surface area (Å²) < 4.78 is 24.7. The monoisotopic (exact) mass is 411 g/mol. The van der Waals surface area contributed by atoms with Crippen molar-refractivity contribution in [1.29, 1.82) is 5.26 Å². The molecule has 0 spiro atoms. The van der Waals surface area contributed by atoms with Gasteiger partial charge >= 0.3 is 0 Å². The average molecular weight is 412 g/mol. The molecule has 0 radical (unpaired) electrons. The zero-order chi connectivity index (χ0) is 17.7. The third kappa shape index (κ3) is 5.98. The van der Waals surface area contributed by atoms with E-state index in [2.05, 4.69) is 11.5 Å². The molecule has 2 rings (SSSR count). The van der Waals surface area contributed by atoms with Crippen LogP contribution >= 0.6 is 24.2 Å². The van der Waals surface area contributed by atoms with E-state index >= 15 is 0 Å². The van der Waals surface area contributed by atoms with Crippen molar-refractivity contribution in [1.82, 2.24) is 19.6 Å². The summed E-state index contributed by atoms with van der Waals surface area (Å²) in [6.45, 7) is 3.80. The van der Waals surface area contributed by atoms with Crippen LogP contribution in [-0.4, -0.2) is 84.7 Å². The lowest BCUT2D eigenvalue weighted by atomic mass is 10.1. The summed E-state index contributed by atoms with van der Waals surface area (Å²) in [5.41, 5.74) is 3.22. The largest absolute Gasteiger partial charge is 0.315 e. The van der Waals surface area contributed by atoms with Gasteiger partial charge in [0.05, 0.1) is 24.7 Å². The molecule has 0 aliphatic carbocycles. The van der Waals surface area contributed by atoms with Gasteiger partial charge in [0.2, 0.25) is 15.9 Å². The van der Waals surface area contributed by atoms with Crippen LogP contribution in [0, 0.1) is 11.3 Å². The Bertz CT molecular complexity index is 590. The number of amides is 1. The van der Waals surface area contributed by atoms with Crippen LogP contribution in [-0.2, 0) is 14.8 Å². The highest BCUT2D eigenvalue weighted by molar-refractivity contribution is 7.99. The Hall–Kier alpha value is -0.570. The molecule has 25 heavy (non-hydrogen) atoms. The molecule has 2 heterocycles. The van der Waals surface area contributed by atoms with E-state index < -0.39 is 10.0 Å². The number of nitrogens with zero attached hydrogens (tertiary/aromatic N) is 4. The van der Waals surface area contributed by atoms with Crippen molar-refractivity contribution in [3.63, 3.8) is 0 Å². The first-order valence-electron chi connectivity index (χ1n) is 8.09. The summed E-state index contributed by atoms with van der Waals surface area (Å²) in [6, 6.07) is 1.94. The lowest BCUT2D eigenvalue weighted by Gasteiger charge is -2.38. The second kappa shape index (κ2) is 9.94. The van der Waals surface area contributed by atoms with E-state index in [1.807, 2.05) is 11.9 Å². The lowest BCUT2D eigenvalue weighted by Crippen LogP contribution is -2.55. The SMILES string of the molecule is CCNN(CC(=O)N1CSC[C@H]1C#N)C1CCN(S(C)(=O)=O)CC1.Cl. The standard InChI is InChI=1S/C14H25N5O3S2.ClH/c1-3-16-19(9-14(20)18-11-23-10-13(18)8-15)12-4-6-17(7-5-12)24(2,21)22;/h12-13,16H,3-7,9-11H2,1-2H3;1H/t13-;/m1./s1. The number of halogens is 1. The zero-order valence-electron chi connectivity index (χ0n) is 14.5. The number of piperidine rings is 1.